The van der Waals surface area contributed by atoms with Crippen LogP contribution in [0.3, 0.4) is 0 Å². The number of anilines is 1. The molecule has 0 spiro atoms. The topological polar surface area (TPSA) is 71.2 Å². The average Bonchev–Trinajstić information content (AvgIpc) is 2.61. The normalized spacial score (nSPS) is 12.8. The zero-order chi connectivity index (χ0) is 9.68. The SMILES string of the molecule is CCC(CO)Nc1nc(CN)cs1. The highest BCUT2D eigenvalue weighted by atomic mass is 32.1. The summed E-state index contributed by atoms with van der Waals surface area (Å²) >= 11 is 1.52. The summed E-state index contributed by atoms with van der Waals surface area (Å²) in [6.45, 7) is 2.62. The van der Waals surface area contributed by atoms with E-state index >= 15 is 0 Å². The molecule has 4 nitrogen and oxygen atoms in total. The lowest BCUT2D eigenvalue weighted by atomic mass is 10.2. The van der Waals surface area contributed by atoms with Gasteiger partial charge in [-0.25, -0.2) is 4.98 Å². The zero-order valence-corrected chi connectivity index (χ0v) is 8.47. The molecule has 13 heavy (non-hydrogen) atoms. The summed E-state index contributed by atoms with van der Waals surface area (Å²) in [6.07, 6.45) is 0.883. The van der Waals surface area contributed by atoms with Gasteiger partial charge in [0.25, 0.3) is 0 Å². The van der Waals surface area contributed by atoms with Gasteiger partial charge in [0, 0.05) is 11.9 Å². The zero-order valence-electron chi connectivity index (χ0n) is 7.66. The van der Waals surface area contributed by atoms with Gasteiger partial charge in [0.1, 0.15) is 0 Å². The predicted molar refractivity (Wildman–Crippen MR) is 54.8 cm³/mol. The Morgan fingerprint density at radius 2 is 2.54 bits per heavy atom. The lowest BCUT2D eigenvalue weighted by molar-refractivity contribution is 0.272. The molecule has 1 atom stereocenters. The van der Waals surface area contributed by atoms with E-state index in [0.29, 0.717) is 6.54 Å². The van der Waals surface area contributed by atoms with Crippen LogP contribution in [0.15, 0.2) is 5.38 Å². The number of aliphatic hydroxyl groups excluding tert-OH is 1. The summed E-state index contributed by atoms with van der Waals surface area (Å²) in [5.41, 5.74) is 6.32. The molecule has 0 aliphatic heterocycles. The molecule has 0 saturated carbocycles. The molecular formula is C8H15N3OS. The third-order valence-electron chi connectivity index (χ3n) is 1.80. The number of aliphatic hydroxyl groups is 1. The van der Waals surface area contributed by atoms with Crippen LogP contribution < -0.4 is 11.1 Å². The average molecular weight is 201 g/mol. The number of thiazole rings is 1. The second kappa shape index (κ2) is 5.16. The maximum atomic E-state index is 8.94. The Bertz CT molecular complexity index is 247. The van der Waals surface area contributed by atoms with Gasteiger partial charge in [-0.3, -0.25) is 0 Å². The molecule has 0 amide bonds. The van der Waals surface area contributed by atoms with Crippen molar-refractivity contribution in [2.45, 2.75) is 25.9 Å². The molecular weight excluding hydrogens is 186 g/mol. The Balaban J connectivity index is 2.52. The van der Waals surface area contributed by atoms with E-state index in [-0.39, 0.29) is 12.6 Å². The summed E-state index contributed by atoms with van der Waals surface area (Å²) in [4.78, 5) is 4.24. The molecule has 1 aromatic rings. The van der Waals surface area contributed by atoms with Crippen LogP contribution in [0.1, 0.15) is 19.0 Å². The van der Waals surface area contributed by atoms with Crippen molar-refractivity contribution in [2.75, 3.05) is 11.9 Å². The van der Waals surface area contributed by atoms with Crippen LogP contribution in [-0.2, 0) is 6.54 Å². The van der Waals surface area contributed by atoms with Crippen molar-refractivity contribution in [3.05, 3.63) is 11.1 Å². The molecule has 1 aromatic heterocycles. The van der Waals surface area contributed by atoms with E-state index in [9.17, 15) is 0 Å². The Hall–Kier alpha value is -0.650. The van der Waals surface area contributed by atoms with E-state index in [4.69, 9.17) is 10.8 Å². The number of rotatable bonds is 5. The number of hydrogen-bond donors (Lipinski definition) is 3. The molecule has 0 radical (unpaired) electrons. The minimum Gasteiger partial charge on any atom is -0.394 e. The maximum absolute atomic E-state index is 8.94. The van der Waals surface area contributed by atoms with Crippen LogP contribution in [-0.4, -0.2) is 22.7 Å². The van der Waals surface area contributed by atoms with Gasteiger partial charge >= 0.3 is 0 Å². The van der Waals surface area contributed by atoms with Gasteiger partial charge in [-0.2, -0.15) is 0 Å². The highest BCUT2D eigenvalue weighted by molar-refractivity contribution is 7.13. The van der Waals surface area contributed by atoms with Crippen molar-refractivity contribution in [1.29, 1.82) is 0 Å². The second-order valence-electron chi connectivity index (χ2n) is 2.78. The molecule has 0 aliphatic rings. The third-order valence-corrected chi connectivity index (χ3v) is 2.62. The van der Waals surface area contributed by atoms with Crippen molar-refractivity contribution in [3.8, 4) is 0 Å². The Morgan fingerprint density at radius 3 is 3.00 bits per heavy atom. The molecule has 0 aromatic carbocycles. The first-order valence-corrected chi connectivity index (χ1v) is 5.20. The molecule has 1 heterocycles. The largest absolute Gasteiger partial charge is 0.394 e. The van der Waals surface area contributed by atoms with Crippen molar-refractivity contribution in [1.82, 2.24) is 4.98 Å². The van der Waals surface area contributed by atoms with E-state index in [1.54, 1.807) is 0 Å². The molecule has 0 fully saturated rings. The van der Waals surface area contributed by atoms with Gasteiger partial charge in [-0.15, -0.1) is 11.3 Å². The number of aromatic nitrogens is 1. The highest BCUT2D eigenvalue weighted by Gasteiger charge is 2.06. The van der Waals surface area contributed by atoms with Gasteiger partial charge in [-0.05, 0) is 6.42 Å². The predicted octanol–water partition coefficient (Wildman–Crippen LogP) is 0.785. The highest BCUT2D eigenvalue weighted by Crippen LogP contribution is 2.16. The molecule has 0 saturated heterocycles. The number of nitrogens with one attached hydrogen (secondary N) is 1. The van der Waals surface area contributed by atoms with Gasteiger partial charge in [0.2, 0.25) is 0 Å². The summed E-state index contributed by atoms with van der Waals surface area (Å²) in [5, 5.41) is 14.8. The van der Waals surface area contributed by atoms with E-state index < -0.39 is 0 Å². The minimum absolute atomic E-state index is 0.0942. The fourth-order valence-corrected chi connectivity index (χ4v) is 1.72. The molecule has 4 N–H and O–H groups in total. The van der Waals surface area contributed by atoms with Crippen molar-refractivity contribution in [2.24, 2.45) is 5.73 Å². The van der Waals surface area contributed by atoms with Crippen LogP contribution in [0.4, 0.5) is 5.13 Å². The van der Waals surface area contributed by atoms with Crippen LogP contribution in [0.5, 0.6) is 0 Å². The fourth-order valence-electron chi connectivity index (χ4n) is 0.918. The monoisotopic (exact) mass is 201 g/mol. The first kappa shape index (κ1) is 10.4. The van der Waals surface area contributed by atoms with Crippen molar-refractivity contribution in [3.63, 3.8) is 0 Å². The lowest BCUT2D eigenvalue weighted by Crippen LogP contribution is -2.22. The summed E-state index contributed by atoms with van der Waals surface area (Å²) < 4.78 is 0. The second-order valence-corrected chi connectivity index (χ2v) is 3.64. The molecule has 0 bridgehead atoms. The maximum Gasteiger partial charge on any atom is 0.183 e. The first-order chi connectivity index (χ1) is 6.30. The van der Waals surface area contributed by atoms with Gasteiger partial charge in [0.05, 0.1) is 18.3 Å². The van der Waals surface area contributed by atoms with Gasteiger partial charge in [0.15, 0.2) is 5.13 Å². The number of nitrogens with zero attached hydrogens (tertiary/aromatic N) is 1. The Morgan fingerprint density at radius 1 is 1.77 bits per heavy atom. The molecule has 1 unspecified atom stereocenters. The van der Waals surface area contributed by atoms with Crippen molar-refractivity contribution >= 4 is 16.5 Å². The molecule has 74 valence electrons. The summed E-state index contributed by atoms with van der Waals surface area (Å²) in [5.74, 6) is 0. The summed E-state index contributed by atoms with van der Waals surface area (Å²) in [6, 6.07) is 0.0942. The van der Waals surface area contributed by atoms with E-state index in [2.05, 4.69) is 10.3 Å². The first-order valence-electron chi connectivity index (χ1n) is 4.32. The molecule has 1 rings (SSSR count). The summed E-state index contributed by atoms with van der Waals surface area (Å²) in [7, 11) is 0. The smallest absolute Gasteiger partial charge is 0.183 e. The quantitative estimate of drug-likeness (QED) is 0.658. The molecule has 0 aliphatic carbocycles. The fraction of sp³-hybridized carbons (Fsp3) is 0.625. The molecule has 5 heteroatoms. The van der Waals surface area contributed by atoms with Crippen LogP contribution in [0.2, 0.25) is 0 Å². The Kier molecular flexibility index (Phi) is 4.14. The number of nitrogens with two attached hydrogens (primary N) is 1. The number of hydrogen-bond acceptors (Lipinski definition) is 5. The third kappa shape index (κ3) is 2.95. The minimum atomic E-state index is 0.0942. The van der Waals surface area contributed by atoms with E-state index in [1.807, 2.05) is 12.3 Å². The van der Waals surface area contributed by atoms with Crippen LogP contribution >= 0.6 is 11.3 Å². The van der Waals surface area contributed by atoms with Crippen LogP contribution in [0.25, 0.3) is 0 Å². The van der Waals surface area contributed by atoms with Crippen LogP contribution in [0, 0.1) is 0 Å². The standard InChI is InChI=1S/C8H15N3OS/c1-2-6(4-12)10-8-11-7(3-9)5-13-8/h5-6,12H,2-4,9H2,1H3,(H,10,11). The lowest BCUT2D eigenvalue weighted by Gasteiger charge is -2.11. The Labute approximate surface area is 81.8 Å². The van der Waals surface area contributed by atoms with E-state index in [1.165, 1.54) is 11.3 Å². The van der Waals surface area contributed by atoms with Gasteiger partial charge in [-0.1, -0.05) is 6.92 Å². The van der Waals surface area contributed by atoms with Gasteiger partial charge < -0.3 is 16.2 Å². The van der Waals surface area contributed by atoms with Crippen molar-refractivity contribution < 1.29 is 5.11 Å². The van der Waals surface area contributed by atoms with E-state index in [0.717, 1.165) is 17.2 Å².